The minimum atomic E-state index is -4.54. The fourth-order valence-corrected chi connectivity index (χ4v) is 3.15. The number of aliphatic hydroxyl groups excluding tert-OH is 1. The summed E-state index contributed by atoms with van der Waals surface area (Å²) < 4.78 is 15.1. The fraction of sp³-hybridized carbons (Fsp3) is 1.00. The van der Waals surface area contributed by atoms with E-state index in [0.717, 1.165) is 19.3 Å². The number of hydrogen-bond acceptors (Lipinski definition) is 4. The molecule has 146 valence electrons. The molecule has 0 aliphatic carbocycles. The van der Waals surface area contributed by atoms with Crippen LogP contribution in [0.5, 0.6) is 0 Å². The molecular weight excluding hydrogens is 329 g/mol. The first kappa shape index (κ1) is 24.0. The van der Waals surface area contributed by atoms with Crippen molar-refractivity contribution in [1.29, 1.82) is 0 Å². The Kier molecular flexibility index (Phi) is 14.2. The molecule has 0 radical (unpaired) electrons. The summed E-state index contributed by atoms with van der Waals surface area (Å²) in [7, 11) is -4.54. The molecule has 0 amide bonds. The van der Waals surface area contributed by atoms with Crippen molar-refractivity contribution in [1.82, 2.24) is 0 Å². The van der Waals surface area contributed by atoms with Gasteiger partial charge in [-0.3, -0.25) is 4.52 Å². The van der Waals surface area contributed by atoms with Gasteiger partial charge in [-0.15, -0.1) is 0 Å². The SMILES string of the molecule is CCCCCCCCCCCCCCC(N)(CO)COP(=O)(O)O. The second-order valence-electron chi connectivity index (χ2n) is 6.92. The van der Waals surface area contributed by atoms with Crippen molar-refractivity contribution in [3.63, 3.8) is 0 Å². The number of nitrogens with two attached hydrogens (primary N) is 1. The lowest BCUT2D eigenvalue weighted by Gasteiger charge is -2.26. The highest BCUT2D eigenvalue weighted by Gasteiger charge is 2.28. The van der Waals surface area contributed by atoms with Gasteiger partial charge in [-0.25, -0.2) is 4.57 Å². The third-order valence-corrected chi connectivity index (χ3v) is 4.83. The highest BCUT2D eigenvalue weighted by molar-refractivity contribution is 7.46. The Morgan fingerprint density at radius 1 is 0.875 bits per heavy atom. The van der Waals surface area contributed by atoms with Crippen molar-refractivity contribution in [2.24, 2.45) is 5.73 Å². The van der Waals surface area contributed by atoms with Gasteiger partial charge < -0.3 is 20.6 Å². The number of hydrogen-bond donors (Lipinski definition) is 4. The Hall–Kier alpha value is 0.0300. The molecule has 0 rings (SSSR count). The van der Waals surface area contributed by atoms with Crippen molar-refractivity contribution < 1.29 is 24.0 Å². The first-order valence-corrected chi connectivity index (χ1v) is 11.0. The zero-order chi connectivity index (χ0) is 18.3. The summed E-state index contributed by atoms with van der Waals surface area (Å²) in [6, 6.07) is 0. The zero-order valence-corrected chi connectivity index (χ0v) is 16.2. The Morgan fingerprint density at radius 2 is 1.29 bits per heavy atom. The van der Waals surface area contributed by atoms with E-state index in [4.69, 9.17) is 15.5 Å². The van der Waals surface area contributed by atoms with Crippen molar-refractivity contribution in [3.05, 3.63) is 0 Å². The lowest BCUT2D eigenvalue weighted by Crippen LogP contribution is -2.47. The molecule has 0 saturated heterocycles. The van der Waals surface area contributed by atoms with Crippen LogP contribution in [0.1, 0.15) is 90.4 Å². The summed E-state index contributed by atoms with van der Waals surface area (Å²) in [5.41, 5.74) is 4.85. The molecule has 0 aromatic carbocycles. The largest absolute Gasteiger partial charge is 0.469 e. The molecule has 5 N–H and O–H groups in total. The van der Waals surface area contributed by atoms with Gasteiger partial charge in [0.1, 0.15) is 0 Å². The van der Waals surface area contributed by atoms with Crippen LogP contribution in [0.4, 0.5) is 0 Å². The van der Waals surface area contributed by atoms with Crippen LogP contribution in [-0.4, -0.2) is 33.6 Å². The predicted octanol–water partition coefficient (Wildman–Crippen LogP) is 3.88. The topological polar surface area (TPSA) is 113 Å². The average molecular weight is 367 g/mol. The second-order valence-corrected chi connectivity index (χ2v) is 8.16. The monoisotopic (exact) mass is 367 g/mol. The van der Waals surface area contributed by atoms with Crippen molar-refractivity contribution >= 4 is 7.82 Å². The van der Waals surface area contributed by atoms with Gasteiger partial charge in [0.2, 0.25) is 0 Å². The van der Waals surface area contributed by atoms with Crippen LogP contribution in [0.25, 0.3) is 0 Å². The highest BCUT2D eigenvalue weighted by Crippen LogP contribution is 2.37. The molecule has 1 unspecified atom stereocenters. The molecule has 24 heavy (non-hydrogen) atoms. The van der Waals surface area contributed by atoms with Crippen LogP contribution in [0, 0.1) is 0 Å². The van der Waals surface area contributed by atoms with Gasteiger partial charge in [-0.1, -0.05) is 84.0 Å². The first-order valence-electron chi connectivity index (χ1n) is 9.43. The maximum absolute atomic E-state index is 10.7. The summed E-state index contributed by atoms with van der Waals surface area (Å²) in [6.07, 6.45) is 15.3. The average Bonchev–Trinajstić information content (AvgIpc) is 2.53. The van der Waals surface area contributed by atoms with E-state index in [1.54, 1.807) is 0 Å². The molecule has 1 atom stereocenters. The normalized spacial score (nSPS) is 14.7. The van der Waals surface area contributed by atoms with Gasteiger partial charge in [0.25, 0.3) is 0 Å². The van der Waals surface area contributed by atoms with Gasteiger partial charge in [0.15, 0.2) is 0 Å². The summed E-state index contributed by atoms with van der Waals surface area (Å²) in [5.74, 6) is 0. The quantitative estimate of drug-likeness (QED) is 0.229. The minimum Gasteiger partial charge on any atom is -0.394 e. The maximum atomic E-state index is 10.7. The van der Waals surface area contributed by atoms with E-state index in [2.05, 4.69) is 11.4 Å². The Labute approximate surface area is 147 Å². The van der Waals surface area contributed by atoms with E-state index < -0.39 is 13.4 Å². The van der Waals surface area contributed by atoms with E-state index in [-0.39, 0.29) is 13.2 Å². The smallest absolute Gasteiger partial charge is 0.394 e. The summed E-state index contributed by atoms with van der Waals surface area (Å²) in [4.78, 5) is 17.4. The van der Waals surface area contributed by atoms with Crippen molar-refractivity contribution in [2.75, 3.05) is 13.2 Å². The van der Waals surface area contributed by atoms with Gasteiger partial charge >= 0.3 is 7.82 Å². The molecule has 7 heteroatoms. The zero-order valence-electron chi connectivity index (χ0n) is 15.3. The number of rotatable bonds is 17. The molecule has 0 bridgehead atoms. The third kappa shape index (κ3) is 15.6. The van der Waals surface area contributed by atoms with Gasteiger partial charge in [0, 0.05) is 0 Å². The van der Waals surface area contributed by atoms with Crippen LogP contribution < -0.4 is 5.73 Å². The van der Waals surface area contributed by atoms with E-state index in [1.807, 2.05) is 0 Å². The van der Waals surface area contributed by atoms with E-state index in [9.17, 15) is 9.67 Å². The number of aliphatic hydroxyl groups is 1. The van der Waals surface area contributed by atoms with E-state index >= 15 is 0 Å². The molecule has 0 aromatic rings. The Balaban J connectivity index is 3.51. The fourth-order valence-electron chi connectivity index (χ4n) is 2.73. The summed E-state index contributed by atoms with van der Waals surface area (Å²) in [6.45, 7) is 1.57. The predicted molar refractivity (Wildman–Crippen MR) is 97.7 cm³/mol. The highest BCUT2D eigenvalue weighted by atomic mass is 31.2. The molecule has 0 spiro atoms. The summed E-state index contributed by atoms with van der Waals surface area (Å²) in [5, 5.41) is 9.30. The van der Waals surface area contributed by atoms with Gasteiger partial charge in [-0.05, 0) is 6.42 Å². The van der Waals surface area contributed by atoms with Crippen LogP contribution in [0.2, 0.25) is 0 Å². The van der Waals surface area contributed by atoms with Crippen LogP contribution >= 0.6 is 7.82 Å². The standard InChI is InChI=1S/C17H38NO5P/c1-2-3-4-5-6-7-8-9-10-11-12-13-14-17(18,15-19)16-23-24(20,21)22/h19H,2-16,18H2,1H3,(H2,20,21,22). The van der Waals surface area contributed by atoms with Crippen LogP contribution in [-0.2, 0) is 9.09 Å². The molecule has 6 nitrogen and oxygen atoms in total. The van der Waals surface area contributed by atoms with Crippen LogP contribution in [0.15, 0.2) is 0 Å². The molecule has 0 heterocycles. The molecular formula is C17H38NO5P. The number of phosphoric ester groups is 1. The van der Waals surface area contributed by atoms with Crippen molar-refractivity contribution in [3.8, 4) is 0 Å². The van der Waals surface area contributed by atoms with E-state index in [1.165, 1.54) is 57.8 Å². The first-order chi connectivity index (χ1) is 11.3. The number of unbranched alkanes of at least 4 members (excludes halogenated alkanes) is 11. The molecule has 0 aliphatic rings. The van der Waals surface area contributed by atoms with Gasteiger partial charge in [-0.2, -0.15) is 0 Å². The van der Waals surface area contributed by atoms with Crippen LogP contribution in [0.3, 0.4) is 0 Å². The lowest BCUT2D eigenvalue weighted by molar-refractivity contribution is 0.0998. The Bertz CT molecular complexity index is 337. The molecule has 0 aromatic heterocycles. The molecule has 0 aliphatic heterocycles. The molecule has 0 fully saturated rings. The van der Waals surface area contributed by atoms with E-state index in [0.29, 0.717) is 6.42 Å². The van der Waals surface area contributed by atoms with Crippen molar-refractivity contribution in [2.45, 2.75) is 95.9 Å². The number of phosphoric acid groups is 1. The Morgan fingerprint density at radius 3 is 1.67 bits per heavy atom. The van der Waals surface area contributed by atoms with Gasteiger partial charge in [0.05, 0.1) is 18.8 Å². The summed E-state index contributed by atoms with van der Waals surface area (Å²) >= 11 is 0. The second kappa shape index (κ2) is 14.2. The maximum Gasteiger partial charge on any atom is 0.469 e. The minimum absolute atomic E-state index is 0.328. The third-order valence-electron chi connectivity index (χ3n) is 4.36. The lowest BCUT2D eigenvalue weighted by atomic mass is 9.94. The molecule has 0 saturated carbocycles.